The predicted octanol–water partition coefficient (Wildman–Crippen LogP) is 2.23. The highest BCUT2D eigenvalue weighted by atomic mass is 32.2. The lowest BCUT2D eigenvalue weighted by atomic mass is 10.1. The van der Waals surface area contributed by atoms with E-state index in [0.29, 0.717) is 11.4 Å². The molecule has 2 atom stereocenters. The summed E-state index contributed by atoms with van der Waals surface area (Å²) in [5.41, 5.74) is 6.81. The number of nitrogens with zero attached hydrogens (tertiary/aromatic N) is 1. The van der Waals surface area contributed by atoms with Gasteiger partial charge in [0.2, 0.25) is 5.91 Å². The second kappa shape index (κ2) is 5.92. The summed E-state index contributed by atoms with van der Waals surface area (Å²) in [4.78, 5) is 15.9. The summed E-state index contributed by atoms with van der Waals surface area (Å²) >= 11 is 6.56. The fourth-order valence-corrected chi connectivity index (χ4v) is 3.73. The van der Waals surface area contributed by atoms with Crippen LogP contribution in [-0.2, 0) is 11.2 Å². The van der Waals surface area contributed by atoms with Gasteiger partial charge in [-0.05, 0) is 25.0 Å². The average molecular weight is 294 g/mol. The van der Waals surface area contributed by atoms with E-state index < -0.39 is 0 Å². The van der Waals surface area contributed by atoms with Crippen molar-refractivity contribution >= 4 is 34.9 Å². The zero-order valence-electron chi connectivity index (χ0n) is 11.1. The summed E-state index contributed by atoms with van der Waals surface area (Å²) < 4.78 is 0. The number of rotatable bonds is 4. The summed E-state index contributed by atoms with van der Waals surface area (Å²) in [6.07, 6.45) is 1.38. The van der Waals surface area contributed by atoms with Crippen LogP contribution >= 0.6 is 24.0 Å². The van der Waals surface area contributed by atoms with Crippen molar-refractivity contribution in [3.05, 3.63) is 29.8 Å². The number of thiocarbonyl (C=S) groups is 1. The summed E-state index contributed by atoms with van der Waals surface area (Å²) in [7, 11) is 1.83. The van der Waals surface area contributed by atoms with Crippen molar-refractivity contribution in [2.45, 2.75) is 36.0 Å². The Hall–Kier alpha value is -1.07. The molecule has 0 aliphatic carbocycles. The number of thioether (sulfide) groups is 1. The van der Waals surface area contributed by atoms with Crippen LogP contribution in [0.4, 0.5) is 0 Å². The van der Waals surface area contributed by atoms with Gasteiger partial charge >= 0.3 is 0 Å². The lowest BCUT2D eigenvalue weighted by Crippen LogP contribution is -2.42. The van der Waals surface area contributed by atoms with Crippen LogP contribution in [0.3, 0.4) is 0 Å². The fourth-order valence-electron chi connectivity index (χ4n) is 2.19. The van der Waals surface area contributed by atoms with Crippen molar-refractivity contribution in [1.82, 2.24) is 4.90 Å². The van der Waals surface area contributed by atoms with E-state index in [-0.39, 0.29) is 17.2 Å². The van der Waals surface area contributed by atoms with Crippen LogP contribution in [0.25, 0.3) is 0 Å². The molecule has 3 nitrogen and oxygen atoms in total. The van der Waals surface area contributed by atoms with Gasteiger partial charge in [0.15, 0.2) is 0 Å². The quantitative estimate of drug-likeness (QED) is 0.865. The van der Waals surface area contributed by atoms with Crippen molar-refractivity contribution in [2.24, 2.45) is 5.73 Å². The zero-order valence-corrected chi connectivity index (χ0v) is 12.8. The van der Waals surface area contributed by atoms with Gasteiger partial charge in [0.05, 0.1) is 10.2 Å². The number of hydrogen-bond donors (Lipinski definition) is 1. The highest BCUT2D eigenvalue weighted by molar-refractivity contribution is 8.01. The van der Waals surface area contributed by atoms with Gasteiger partial charge in [0, 0.05) is 24.4 Å². The number of nitrogens with two attached hydrogens (primary N) is 1. The Morgan fingerprint density at radius 1 is 1.58 bits per heavy atom. The third-order valence-corrected chi connectivity index (χ3v) is 4.90. The molecular formula is C14H18N2OS2. The molecule has 19 heavy (non-hydrogen) atoms. The average Bonchev–Trinajstić information content (AvgIpc) is 2.79. The molecule has 0 saturated carbocycles. The Balaban J connectivity index is 2.01. The molecule has 1 amide bonds. The molecule has 2 rings (SSSR count). The van der Waals surface area contributed by atoms with Crippen molar-refractivity contribution in [1.29, 1.82) is 0 Å². The van der Waals surface area contributed by atoms with E-state index in [2.05, 4.69) is 12.1 Å². The predicted molar refractivity (Wildman–Crippen MR) is 83.4 cm³/mol. The number of carbonyl (C=O) groups excluding carboxylic acids is 1. The lowest BCUT2D eigenvalue weighted by molar-refractivity contribution is -0.130. The molecule has 0 fully saturated rings. The maximum atomic E-state index is 12.5. The Kier molecular flexibility index (Phi) is 4.47. The molecule has 0 saturated heterocycles. The first-order valence-corrected chi connectivity index (χ1v) is 7.57. The molecule has 2 N–H and O–H groups in total. The van der Waals surface area contributed by atoms with Crippen LogP contribution in [0.1, 0.15) is 18.9 Å². The Labute approximate surface area is 123 Å². The van der Waals surface area contributed by atoms with Crippen molar-refractivity contribution in [2.75, 3.05) is 7.05 Å². The Morgan fingerprint density at radius 3 is 2.89 bits per heavy atom. The first-order chi connectivity index (χ1) is 8.99. The minimum atomic E-state index is -0.0174. The van der Waals surface area contributed by atoms with Crippen molar-refractivity contribution in [3.63, 3.8) is 0 Å². The fraction of sp³-hybridized carbons (Fsp3) is 0.429. The van der Waals surface area contributed by atoms with Crippen LogP contribution in [0, 0.1) is 0 Å². The molecule has 2 unspecified atom stereocenters. The highest BCUT2D eigenvalue weighted by Gasteiger charge is 2.31. The smallest absolute Gasteiger partial charge is 0.236 e. The first-order valence-electron chi connectivity index (χ1n) is 6.28. The SMILES string of the molecule is CC(CC(N)=S)N(C)C(=O)C1Cc2ccccc2S1. The van der Waals surface area contributed by atoms with Gasteiger partial charge in [-0.3, -0.25) is 4.79 Å². The summed E-state index contributed by atoms with van der Waals surface area (Å²) in [5.74, 6) is 0.157. The number of fused-ring (bicyclic) bond motifs is 1. The van der Waals surface area contributed by atoms with Gasteiger partial charge < -0.3 is 10.6 Å². The molecule has 0 bridgehead atoms. The normalized spacial score (nSPS) is 18.7. The number of hydrogen-bond acceptors (Lipinski definition) is 3. The number of carbonyl (C=O) groups is 1. The van der Waals surface area contributed by atoms with E-state index in [0.717, 1.165) is 6.42 Å². The second-order valence-electron chi connectivity index (χ2n) is 4.89. The zero-order chi connectivity index (χ0) is 14.0. The molecule has 102 valence electrons. The molecule has 1 aromatic carbocycles. The van der Waals surface area contributed by atoms with Gasteiger partial charge in [-0.1, -0.05) is 30.4 Å². The molecular weight excluding hydrogens is 276 g/mol. The summed E-state index contributed by atoms with van der Waals surface area (Å²) in [5, 5.41) is -0.0174. The van der Waals surface area contributed by atoms with Crippen molar-refractivity contribution in [3.8, 4) is 0 Å². The van der Waals surface area contributed by atoms with E-state index in [9.17, 15) is 4.79 Å². The van der Waals surface area contributed by atoms with E-state index in [1.807, 2.05) is 26.1 Å². The monoisotopic (exact) mass is 294 g/mol. The summed E-state index contributed by atoms with van der Waals surface area (Å²) in [6.45, 7) is 1.98. The van der Waals surface area contributed by atoms with Gasteiger partial charge in [-0.25, -0.2) is 0 Å². The van der Waals surface area contributed by atoms with Crippen LogP contribution < -0.4 is 5.73 Å². The standard InChI is InChI=1S/C14H18N2OS2/c1-9(7-13(15)18)16(2)14(17)12-8-10-5-3-4-6-11(10)19-12/h3-6,9,12H,7-8H2,1-2H3,(H2,15,18). The molecule has 1 heterocycles. The number of benzene rings is 1. The van der Waals surface area contributed by atoms with E-state index >= 15 is 0 Å². The molecule has 0 radical (unpaired) electrons. The van der Waals surface area contributed by atoms with Crippen LogP contribution in [0.15, 0.2) is 29.2 Å². The van der Waals surface area contributed by atoms with Crippen LogP contribution in [0.2, 0.25) is 0 Å². The maximum absolute atomic E-state index is 12.5. The van der Waals surface area contributed by atoms with Gasteiger partial charge in [0.1, 0.15) is 0 Å². The van der Waals surface area contributed by atoms with Gasteiger partial charge in [-0.15, -0.1) is 11.8 Å². The molecule has 1 aromatic rings. The molecule has 0 spiro atoms. The van der Waals surface area contributed by atoms with E-state index in [4.69, 9.17) is 18.0 Å². The molecule has 0 aromatic heterocycles. The third kappa shape index (κ3) is 3.28. The van der Waals surface area contributed by atoms with Crippen LogP contribution in [0.5, 0.6) is 0 Å². The third-order valence-electron chi connectivity index (χ3n) is 3.43. The van der Waals surface area contributed by atoms with Crippen molar-refractivity contribution < 1.29 is 4.79 Å². The lowest BCUT2D eigenvalue weighted by Gasteiger charge is -2.27. The van der Waals surface area contributed by atoms with Gasteiger partial charge in [-0.2, -0.15) is 0 Å². The first kappa shape index (κ1) is 14.3. The van der Waals surface area contributed by atoms with Crippen LogP contribution in [-0.4, -0.2) is 34.1 Å². The second-order valence-corrected chi connectivity index (χ2v) is 6.66. The Bertz CT molecular complexity index is 479. The minimum Gasteiger partial charge on any atom is -0.393 e. The van der Waals surface area contributed by atoms with E-state index in [1.165, 1.54) is 10.5 Å². The molecule has 5 heteroatoms. The number of amides is 1. The Morgan fingerprint density at radius 2 is 2.26 bits per heavy atom. The summed E-state index contributed by atoms with van der Waals surface area (Å²) in [6, 6.07) is 8.25. The minimum absolute atomic E-state index is 0.0174. The largest absolute Gasteiger partial charge is 0.393 e. The maximum Gasteiger partial charge on any atom is 0.236 e. The highest BCUT2D eigenvalue weighted by Crippen LogP contribution is 2.37. The van der Waals surface area contributed by atoms with E-state index in [1.54, 1.807) is 16.7 Å². The topological polar surface area (TPSA) is 46.3 Å². The molecule has 1 aliphatic rings. The molecule has 1 aliphatic heterocycles. The van der Waals surface area contributed by atoms with Gasteiger partial charge in [0.25, 0.3) is 0 Å².